The van der Waals surface area contributed by atoms with Gasteiger partial charge < -0.3 is 25.4 Å². The third kappa shape index (κ3) is 6.62. The highest BCUT2D eigenvalue weighted by Gasteiger charge is 2.63. The molecule has 5 atom stereocenters. The molecule has 0 radical (unpaired) electrons. The van der Waals surface area contributed by atoms with Crippen LogP contribution >= 0.6 is 0 Å². The molecule has 4 N–H and O–H groups in total. The minimum absolute atomic E-state index is 0.0503. The van der Waals surface area contributed by atoms with Gasteiger partial charge in [-0.1, -0.05) is 25.0 Å². The van der Waals surface area contributed by atoms with Gasteiger partial charge >= 0.3 is 6.09 Å². The number of nitrogens with zero attached hydrogens (tertiary/aromatic N) is 1. The number of allylic oxidation sites excluding steroid dienone is 1. The Morgan fingerprint density at radius 1 is 1.18 bits per heavy atom. The molecule has 12 nitrogen and oxygen atoms in total. The number of amides is 4. The second-order valence-corrected chi connectivity index (χ2v) is 15.0. The maximum atomic E-state index is 13.7. The number of carbonyl (C=O) groups excluding carboxylic acids is 4. The predicted octanol–water partition coefficient (Wildman–Crippen LogP) is 1.24. The van der Waals surface area contributed by atoms with E-state index >= 15 is 0 Å². The van der Waals surface area contributed by atoms with Crippen molar-refractivity contribution in [2.24, 2.45) is 5.92 Å². The first-order chi connectivity index (χ1) is 18.6. The molecule has 2 aliphatic carbocycles. The summed E-state index contributed by atoms with van der Waals surface area (Å²) in [6.45, 7) is 6.60. The summed E-state index contributed by atoms with van der Waals surface area (Å²) in [5.41, 5.74) is -2.24. The monoisotopic (exact) mass is 582 g/mol. The van der Waals surface area contributed by atoms with E-state index in [0.717, 1.165) is 12.8 Å². The lowest BCUT2D eigenvalue weighted by Gasteiger charge is -2.30. The van der Waals surface area contributed by atoms with Crippen LogP contribution in [0.1, 0.15) is 85.5 Å². The Morgan fingerprint density at radius 2 is 1.88 bits per heavy atom. The van der Waals surface area contributed by atoms with Crippen LogP contribution in [0.4, 0.5) is 4.79 Å². The topological polar surface area (TPSA) is 171 Å². The molecule has 40 heavy (non-hydrogen) atoms. The number of rotatable bonds is 4. The first-order valence-corrected chi connectivity index (χ1v) is 15.6. The van der Waals surface area contributed by atoms with E-state index in [0.29, 0.717) is 32.1 Å². The van der Waals surface area contributed by atoms with Gasteiger partial charge in [0.1, 0.15) is 23.2 Å². The smallest absolute Gasteiger partial charge is 0.408 e. The minimum Gasteiger partial charge on any atom is -0.444 e. The molecule has 0 aromatic rings. The van der Waals surface area contributed by atoms with E-state index < -0.39 is 73.8 Å². The number of aliphatic hydroxyl groups is 1. The van der Waals surface area contributed by atoms with Crippen molar-refractivity contribution in [1.82, 2.24) is 20.3 Å². The Kier molecular flexibility index (Phi) is 8.30. The van der Waals surface area contributed by atoms with Crippen molar-refractivity contribution in [3.05, 3.63) is 12.2 Å². The molecule has 0 bridgehead atoms. The van der Waals surface area contributed by atoms with E-state index in [4.69, 9.17) is 4.74 Å². The SMILES string of the molecule is CC(C)(C)OC(=O)N[C@H]1CCCCC/C=C\[C@H]2C[C@@]2(C(=O)NS(=O)(=O)C2(C)CC2)NC(=O)[C@@H]2C[C@@H](O)CN2C1=O. The van der Waals surface area contributed by atoms with Crippen molar-refractivity contribution in [3.63, 3.8) is 0 Å². The normalized spacial score (nSPS) is 33.3. The highest BCUT2D eigenvalue weighted by atomic mass is 32.2. The number of sulfonamides is 1. The number of nitrogens with one attached hydrogen (secondary N) is 3. The molecular weight excluding hydrogens is 540 g/mol. The van der Waals surface area contributed by atoms with Gasteiger partial charge in [-0.3, -0.25) is 19.1 Å². The van der Waals surface area contributed by atoms with Gasteiger partial charge in [-0.05, 0) is 66.2 Å². The number of ether oxygens (including phenoxy) is 1. The summed E-state index contributed by atoms with van der Waals surface area (Å²) in [4.78, 5) is 54.4. The molecule has 4 rings (SSSR count). The van der Waals surface area contributed by atoms with E-state index in [-0.39, 0.29) is 19.4 Å². The molecule has 2 heterocycles. The maximum absolute atomic E-state index is 13.7. The van der Waals surface area contributed by atoms with E-state index in [2.05, 4.69) is 15.4 Å². The van der Waals surface area contributed by atoms with Crippen LogP contribution < -0.4 is 15.4 Å². The van der Waals surface area contributed by atoms with Crippen LogP contribution in [-0.4, -0.2) is 82.9 Å². The lowest BCUT2D eigenvalue weighted by Crippen LogP contribution is -2.58. The van der Waals surface area contributed by atoms with Gasteiger partial charge in [-0.2, -0.15) is 0 Å². The van der Waals surface area contributed by atoms with Crippen molar-refractivity contribution in [1.29, 1.82) is 0 Å². The zero-order valence-corrected chi connectivity index (χ0v) is 24.5. The van der Waals surface area contributed by atoms with Crippen molar-refractivity contribution < 1.29 is 37.4 Å². The molecule has 224 valence electrons. The standard InChI is InChI=1S/C27H42N4O8S/c1-25(2,3)39-24(36)28-19-11-9-7-5-6-8-10-17-15-27(17,23(35)30-40(37,38)26(4)12-13-26)29-21(33)20-14-18(32)16-31(20)22(19)34/h8,10,17-20,32H,5-7,9,11-16H2,1-4H3,(H,28,36)(H,29,33)(H,30,35)/b10-8-/t17-,18+,19-,20-,27+/m0/s1. The summed E-state index contributed by atoms with van der Waals surface area (Å²) in [7, 11) is -3.93. The zero-order chi connectivity index (χ0) is 29.5. The fourth-order valence-electron chi connectivity index (χ4n) is 5.33. The van der Waals surface area contributed by atoms with Crippen LogP contribution in [0, 0.1) is 5.92 Å². The van der Waals surface area contributed by atoms with Crippen LogP contribution in [0.2, 0.25) is 0 Å². The van der Waals surface area contributed by atoms with Crippen LogP contribution in [0.3, 0.4) is 0 Å². The van der Waals surface area contributed by atoms with Crippen molar-refractivity contribution in [3.8, 4) is 0 Å². The Morgan fingerprint density at radius 3 is 2.52 bits per heavy atom. The summed E-state index contributed by atoms with van der Waals surface area (Å²) in [6, 6.07) is -2.06. The fraction of sp³-hybridized carbons (Fsp3) is 0.778. The average Bonchev–Trinajstić information content (AvgIpc) is 3.71. The average molecular weight is 583 g/mol. The van der Waals surface area contributed by atoms with Crippen LogP contribution in [-0.2, 0) is 29.1 Å². The summed E-state index contributed by atoms with van der Waals surface area (Å²) < 4.78 is 32.1. The second kappa shape index (κ2) is 11.0. The lowest BCUT2D eigenvalue weighted by atomic mass is 10.0. The Balaban J connectivity index is 1.57. The molecule has 1 saturated heterocycles. The first kappa shape index (κ1) is 30.3. The number of hydrogen-bond donors (Lipinski definition) is 4. The Bertz CT molecular complexity index is 1180. The molecule has 2 aliphatic heterocycles. The zero-order valence-electron chi connectivity index (χ0n) is 23.7. The van der Waals surface area contributed by atoms with Gasteiger partial charge in [0.05, 0.1) is 10.9 Å². The van der Waals surface area contributed by atoms with Gasteiger partial charge in [0, 0.05) is 18.9 Å². The van der Waals surface area contributed by atoms with Gasteiger partial charge in [0.2, 0.25) is 21.8 Å². The van der Waals surface area contributed by atoms with Crippen molar-refractivity contribution >= 4 is 33.8 Å². The number of carbonyl (C=O) groups is 4. The Labute approximate surface area is 235 Å². The molecule has 0 unspecified atom stereocenters. The lowest BCUT2D eigenvalue weighted by molar-refractivity contribution is -0.141. The molecule has 4 amide bonds. The molecule has 0 spiro atoms. The quantitative estimate of drug-likeness (QED) is 0.359. The molecule has 13 heteroatoms. The van der Waals surface area contributed by atoms with E-state index in [9.17, 15) is 32.7 Å². The van der Waals surface area contributed by atoms with E-state index in [1.807, 2.05) is 12.2 Å². The third-order valence-electron chi connectivity index (χ3n) is 8.18. The molecule has 0 aromatic heterocycles. The number of alkyl carbamates (subject to hydrolysis) is 1. The third-order valence-corrected chi connectivity index (χ3v) is 10.3. The molecule has 0 aromatic carbocycles. The summed E-state index contributed by atoms with van der Waals surface area (Å²) in [5.74, 6) is -2.38. The Hall–Kier alpha value is -2.67. The number of hydrogen-bond acceptors (Lipinski definition) is 8. The summed E-state index contributed by atoms with van der Waals surface area (Å²) >= 11 is 0. The van der Waals surface area contributed by atoms with Crippen LogP contribution in [0.5, 0.6) is 0 Å². The summed E-state index contributed by atoms with van der Waals surface area (Å²) in [5, 5.41) is 15.8. The molecule has 3 fully saturated rings. The van der Waals surface area contributed by atoms with Gasteiger partial charge in [-0.15, -0.1) is 0 Å². The first-order valence-electron chi connectivity index (χ1n) is 14.1. The molecule has 4 aliphatic rings. The van der Waals surface area contributed by atoms with E-state index in [1.165, 1.54) is 4.90 Å². The minimum atomic E-state index is -3.93. The summed E-state index contributed by atoms with van der Waals surface area (Å²) in [6.07, 6.45) is 6.36. The van der Waals surface area contributed by atoms with Gasteiger partial charge in [0.15, 0.2) is 0 Å². The van der Waals surface area contributed by atoms with Crippen LogP contribution in [0.25, 0.3) is 0 Å². The van der Waals surface area contributed by atoms with Gasteiger partial charge in [0.25, 0.3) is 5.91 Å². The molecule has 2 saturated carbocycles. The van der Waals surface area contributed by atoms with E-state index in [1.54, 1.807) is 27.7 Å². The van der Waals surface area contributed by atoms with Crippen molar-refractivity contribution in [2.45, 2.75) is 120 Å². The highest BCUT2D eigenvalue weighted by molar-refractivity contribution is 7.91. The largest absolute Gasteiger partial charge is 0.444 e. The maximum Gasteiger partial charge on any atom is 0.408 e. The predicted molar refractivity (Wildman–Crippen MR) is 145 cm³/mol. The number of aliphatic hydroxyl groups excluding tert-OH is 1. The van der Waals surface area contributed by atoms with Crippen molar-refractivity contribution in [2.75, 3.05) is 6.54 Å². The number of fused-ring (bicyclic) bond motifs is 2. The molecular formula is C27H42N4O8S. The van der Waals surface area contributed by atoms with Crippen LogP contribution in [0.15, 0.2) is 12.2 Å². The highest BCUT2D eigenvalue weighted by Crippen LogP contribution is 2.47. The fourth-order valence-corrected chi connectivity index (χ4v) is 6.64. The van der Waals surface area contributed by atoms with Gasteiger partial charge in [-0.25, -0.2) is 13.2 Å². The second-order valence-electron chi connectivity index (χ2n) is 12.8.